The molecule has 0 bridgehead atoms. The van der Waals surface area contributed by atoms with Crippen molar-refractivity contribution in [2.24, 2.45) is 10.8 Å². The highest BCUT2D eigenvalue weighted by atomic mass is 15.4. The average Bonchev–Trinajstić information content (AvgIpc) is 3.09. The SMILES string of the molecule is CN1CC23CN(C)CC2(C1)CN(Cc1cc2n(n1)CCNC2)C3. The number of hydrogen-bond donors (Lipinski definition) is 1. The van der Waals surface area contributed by atoms with Crippen LogP contribution in [0, 0.1) is 10.8 Å². The Morgan fingerprint density at radius 1 is 1.04 bits per heavy atom. The zero-order chi connectivity index (χ0) is 15.7. The third kappa shape index (κ3) is 2.05. The molecule has 3 saturated heterocycles. The highest BCUT2D eigenvalue weighted by Gasteiger charge is 2.65. The summed E-state index contributed by atoms with van der Waals surface area (Å²) in [5.74, 6) is 0. The quantitative estimate of drug-likeness (QED) is 0.809. The lowest BCUT2D eigenvalue weighted by molar-refractivity contribution is 0.185. The minimum absolute atomic E-state index is 0.484. The number of hydrogen-bond acceptors (Lipinski definition) is 5. The van der Waals surface area contributed by atoms with Gasteiger partial charge in [-0.25, -0.2) is 0 Å². The van der Waals surface area contributed by atoms with Crippen LogP contribution in [-0.4, -0.2) is 84.4 Å². The Morgan fingerprint density at radius 3 is 2.30 bits per heavy atom. The number of nitrogens with zero attached hydrogens (tertiary/aromatic N) is 5. The molecular weight excluding hydrogens is 288 g/mol. The summed E-state index contributed by atoms with van der Waals surface area (Å²) < 4.78 is 2.20. The zero-order valence-electron chi connectivity index (χ0n) is 14.4. The van der Waals surface area contributed by atoms with E-state index < -0.39 is 0 Å². The van der Waals surface area contributed by atoms with Crippen LogP contribution in [0.15, 0.2) is 6.07 Å². The van der Waals surface area contributed by atoms with Crippen LogP contribution in [0.3, 0.4) is 0 Å². The fourth-order valence-electron chi connectivity index (χ4n) is 6.07. The zero-order valence-corrected chi connectivity index (χ0v) is 14.4. The fourth-order valence-corrected chi connectivity index (χ4v) is 6.07. The lowest BCUT2D eigenvalue weighted by atomic mass is 9.71. The van der Waals surface area contributed by atoms with Crippen molar-refractivity contribution >= 4 is 0 Å². The van der Waals surface area contributed by atoms with Gasteiger partial charge in [-0.15, -0.1) is 0 Å². The Labute approximate surface area is 138 Å². The van der Waals surface area contributed by atoms with E-state index in [-0.39, 0.29) is 0 Å². The van der Waals surface area contributed by atoms with E-state index in [4.69, 9.17) is 5.10 Å². The average molecular weight is 316 g/mol. The van der Waals surface area contributed by atoms with Crippen LogP contribution in [-0.2, 0) is 19.6 Å². The van der Waals surface area contributed by atoms with Gasteiger partial charge in [-0.1, -0.05) is 0 Å². The molecule has 0 unspecified atom stereocenters. The summed E-state index contributed by atoms with van der Waals surface area (Å²) in [5, 5.41) is 8.28. The molecule has 6 heteroatoms. The van der Waals surface area contributed by atoms with Gasteiger partial charge in [0.05, 0.1) is 17.9 Å². The van der Waals surface area contributed by atoms with E-state index in [1.54, 1.807) is 0 Å². The molecule has 0 spiro atoms. The Morgan fingerprint density at radius 2 is 1.70 bits per heavy atom. The van der Waals surface area contributed by atoms with Crippen LogP contribution in [0.1, 0.15) is 11.4 Å². The molecule has 1 aromatic rings. The Balaban J connectivity index is 1.36. The van der Waals surface area contributed by atoms with Crippen molar-refractivity contribution in [1.82, 2.24) is 29.8 Å². The van der Waals surface area contributed by atoms with Gasteiger partial charge in [0, 0.05) is 69.7 Å². The summed E-state index contributed by atoms with van der Waals surface area (Å²) in [7, 11) is 4.60. The van der Waals surface area contributed by atoms with Crippen molar-refractivity contribution in [3.05, 3.63) is 17.5 Å². The predicted molar refractivity (Wildman–Crippen MR) is 89.1 cm³/mol. The van der Waals surface area contributed by atoms with Gasteiger partial charge in [0.2, 0.25) is 0 Å². The van der Waals surface area contributed by atoms with Crippen LogP contribution in [0.4, 0.5) is 0 Å². The maximum atomic E-state index is 4.84. The van der Waals surface area contributed by atoms with Gasteiger partial charge in [0.25, 0.3) is 0 Å². The first kappa shape index (κ1) is 14.4. The molecule has 0 aliphatic carbocycles. The second kappa shape index (κ2) is 4.79. The maximum absolute atomic E-state index is 4.84. The number of fused-ring (bicyclic) bond motifs is 1. The standard InChI is InChI=1S/C17H28N6/c1-20-8-16-10-21(2)11-17(16,9-20)13-22(12-16)7-14-5-15-6-18-3-4-23(15)19-14/h5,18H,3-4,6-13H2,1-2H3. The molecule has 0 atom stereocenters. The van der Waals surface area contributed by atoms with E-state index in [2.05, 4.69) is 44.9 Å². The molecule has 1 N–H and O–H groups in total. The Kier molecular flexibility index (Phi) is 3.00. The number of likely N-dealkylation sites (tertiary alicyclic amines) is 3. The molecule has 126 valence electrons. The molecule has 0 aromatic carbocycles. The summed E-state index contributed by atoms with van der Waals surface area (Å²) in [4.78, 5) is 7.80. The molecule has 4 aliphatic rings. The van der Waals surface area contributed by atoms with Crippen molar-refractivity contribution < 1.29 is 0 Å². The van der Waals surface area contributed by atoms with Crippen LogP contribution < -0.4 is 5.32 Å². The largest absolute Gasteiger partial charge is 0.309 e. The molecule has 5 rings (SSSR count). The summed E-state index contributed by atoms with van der Waals surface area (Å²) >= 11 is 0. The summed E-state index contributed by atoms with van der Waals surface area (Å²) in [6.07, 6.45) is 0. The van der Waals surface area contributed by atoms with Gasteiger partial charge in [-0.2, -0.15) is 5.10 Å². The summed E-state index contributed by atoms with van der Waals surface area (Å²) in [6, 6.07) is 2.31. The molecule has 3 fully saturated rings. The van der Waals surface area contributed by atoms with E-state index in [9.17, 15) is 0 Å². The first-order valence-corrected chi connectivity index (χ1v) is 8.93. The second-order valence-electron chi connectivity index (χ2n) is 8.58. The van der Waals surface area contributed by atoms with E-state index >= 15 is 0 Å². The van der Waals surface area contributed by atoms with Gasteiger partial charge in [0.15, 0.2) is 0 Å². The van der Waals surface area contributed by atoms with Gasteiger partial charge < -0.3 is 15.1 Å². The highest BCUT2D eigenvalue weighted by Crippen LogP contribution is 2.56. The number of aromatic nitrogens is 2. The molecule has 0 saturated carbocycles. The van der Waals surface area contributed by atoms with Crippen LogP contribution in [0.25, 0.3) is 0 Å². The third-order valence-corrected chi connectivity index (χ3v) is 6.57. The number of rotatable bonds is 2. The monoisotopic (exact) mass is 316 g/mol. The van der Waals surface area contributed by atoms with Crippen molar-refractivity contribution in [1.29, 1.82) is 0 Å². The van der Waals surface area contributed by atoms with Gasteiger partial charge in [-0.05, 0) is 20.2 Å². The molecule has 4 aliphatic heterocycles. The Bertz CT molecular complexity index is 561. The van der Waals surface area contributed by atoms with Gasteiger partial charge in [-0.3, -0.25) is 9.58 Å². The topological polar surface area (TPSA) is 39.6 Å². The molecule has 6 nitrogen and oxygen atoms in total. The van der Waals surface area contributed by atoms with Gasteiger partial charge in [0.1, 0.15) is 0 Å². The summed E-state index contributed by atoms with van der Waals surface area (Å²) in [6.45, 7) is 11.6. The smallest absolute Gasteiger partial charge is 0.0768 e. The molecule has 5 heterocycles. The van der Waals surface area contributed by atoms with Gasteiger partial charge >= 0.3 is 0 Å². The maximum Gasteiger partial charge on any atom is 0.0768 e. The molecular formula is C17H28N6. The van der Waals surface area contributed by atoms with Crippen LogP contribution >= 0.6 is 0 Å². The molecule has 0 amide bonds. The molecule has 1 aromatic heterocycles. The lowest BCUT2D eigenvalue weighted by Crippen LogP contribution is -2.38. The molecule has 23 heavy (non-hydrogen) atoms. The fraction of sp³-hybridized carbons (Fsp3) is 0.824. The van der Waals surface area contributed by atoms with E-state index in [1.807, 2.05) is 0 Å². The minimum atomic E-state index is 0.484. The van der Waals surface area contributed by atoms with E-state index in [0.29, 0.717) is 10.8 Å². The minimum Gasteiger partial charge on any atom is -0.309 e. The van der Waals surface area contributed by atoms with Crippen LogP contribution in [0.2, 0.25) is 0 Å². The Hall–Kier alpha value is -0.950. The van der Waals surface area contributed by atoms with E-state index in [0.717, 1.165) is 26.2 Å². The van der Waals surface area contributed by atoms with Crippen molar-refractivity contribution in [3.8, 4) is 0 Å². The first-order valence-electron chi connectivity index (χ1n) is 8.93. The summed E-state index contributed by atoms with van der Waals surface area (Å²) in [5.41, 5.74) is 3.58. The van der Waals surface area contributed by atoms with Crippen LogP contribution in [0.5, 0.6) is 0 Å². The lowest BCUT2D eigenvalue weighted by Gasteiger charge is -2.29. The van der Waals surface area contributed by atoms with E-state index in [1.165, 1.54) is 50.7 Å². The first-order chi connectivity index (χ1) is 11.1. The number of nitrogens with one attached hydrogen (secondary N) is 1. The van der Waals surface area contributed by atoms with Crippen molar-refractivity contribution in [2.45, 2.75) is 19.6 Å². The third-order valence-electron chi connectivity index (χ3n) is 6.57. The van der Waals surface area contributed by atoms with Crippen molar-refractivity contribution in [2.75, 3.05) is 59.9 Å². The highest BCUT2D eigenvalue weighted by molar-refractivity contribution is 5.20. The van der Waals surface area contributed by atoms with Crippen molar-refractivity contribution in [3.63, 3.8) is 0 Å². The second-order valence-corrected chi connectivity index (χ2v) is 8.58. The molecule has 0 radical (unpaired) electrons. The predicted octanol–water partition coefficient (Wildman–Crippen LogP) is -0.334. The normalized spacial score (nSPS) is 38.0.